The molecule has 2 aromatic heterocycles. The summed E-state index contributed by atoms with van der Waals surface area (Å²) in [7, 11) is 2.12. The predicted molar refractivity (Wildman–Crippen MR) is 130 cm³/mol. The largest absolute Gasteiger partial charge is 0.507 e. The van der Waals surface area contributed by atoms with Crippen LogP contribution in [-0.4, -0.2) is 53.1 Å². The van der Waals surface area contributed by atoms with Crippen LogP contribution in [0.2, 0.25) is 0 Å². The Hall–Kier alpha value is -2.74. The molecule has 0 saturated carbocycles. The van der Waals surface area contributed by atoms with Gasteiger partial charge in [-0.3, -0.25) is 9.69 Å². The number of phenolic OH excluding ortho intramolecular Hbond substituents is 1. The normalized spacial score (nSPS) is 15.7. The van der Waals surface area contributed by atoms with Gasteiger partial charge in [-0.15, -0.1) is 11.3 Å². The van der Waals surface area contributed by atoms with Gasteiger partial charge in [-0.25, -0.2) is 4.98 Å². The Bertz CT molecular complexity index is 1330. The van der Waals surface area contributed by atoms with Crippen LogP contribution in [0.5, 0.6) is 5.75 Å². The van der Waals surface area contributed by atoms with E-state index in [1.54, 1.807) is 6.07 Å². The van der Waals surface area contributed by atoms with Crippen LogP contribution in [0.4, 0.5) is 0 Å². The summed E-state index contributed by atoms with van der Waals surface area (Å²) in [6.45, 7) is 8.17. The molecule has 0 aliphatic carbocycles. The van der Waals surface area contributed by atoms with Crippen LogP contribution >= 0.6 is 11.3 Å². The fourth-order valence-electron chi connectivity index (χ4n) is 4.43. The Morgan fingerprint density at radius 2 is 1.94 bits per heavy atom. The maximum absolute atomic E-state index is 13.7. The van der Waals surface area contributed by atoms with E-state index in [2.05, 4.69) is 16.8 Å². The van der Waals surface area contributed by atoms with E-state index in [1.807, 2.05) is 38.1 Å². The van der Waals surface area contributed by atoms with Gasteiger partial charge in [-0.1, -0.05) is 19.1 Å². The quantitative estimate of drug-likeness (QED) is 0.498. The van der Waals surface area contributed by atoms with E-state index < -0.39 is 0 Å². The number of fused-ring (bicyclic) bond motifs is 2. The van der Waals surface area contributed by atoms with Crippen molar-refractivity contribution in [1.82, 2.24) is 14.8 Å². The molecule has 2 aromatic carbocycles. The molecule has 5 rings (SSSR count). The number of thiazole rings is 1. The Labute approximate surface area is 190 Å². The summed E-state index contributed by atoms with van der Waals surface area (Å²) in [5.74, 6) is 0.777. The molecule has 0 radical (unpaired) electrons. The first-order chi connectivity index (χ1) is 15.5. The second kappa shape index (κ2) is 8.31. The maximum atomic E-state index is 13.7. The highest BCUT2D eigenvalue weighted by molar-refractivity contribution is 7.21. The standard InChI is InChI=1S/C25H27N3O3S/c1-4-16-13-17-23(30)21(25-26-19-7-5-6-8-20(19)32-25)15(2)31-24(17)18(22(16)29)14-28-11-9-27(3)10-12-28/h5-8,13,29H,4,9-12,14H2,1-3H3. The molecule has 1 N–H and O–H groups in total. The number of aromatic hydroxyl groups is 1. The van der Waals surface area contributed by atoms with Crippen molar-refractivity contribution in [3.05, 3.63) is 57.4 Å². The summed E-state index contributed by atoms with van der Waals surface area (Å²) in [6.07, 6.45) is 0.640. The van der Waals surface area contributed by atoms with E-state index in [0.717, 1.165) is 42.0 Å². The minimum atomic E-state index is -0.0860. The number of hydrogen-bond donors (Lipinski definition) is 1. The third kappa shape index (κ3) is 3.60. The number of phenols is 1. The average molecular weight is 450 g/mol. The van der Waals surface area contributed by atoms with Crippen molar-refractivity contribution in [3.63, 3.8) is 0 Å². The Morgan fingerprint density at radius 1 is 1.19 bits per heavy atom. The molecule has 3 heterocycles. The van der Waals surface area contributed by atoms with Crippen LogP contribution in [-0.2, 0) is 13.0 Å². The third-order valence-electron chi connectivity index (χ3n) is 6.37. The highest BCUT2D eigenvalue weighted by Crippen LogP contribution is 2.36. The van der Waals surface area contributed by atoms with Crippen molar-refractivity contribution < 1.29 is 9.52 Å². The number of aryl methyl sites for hydroxylation is 2. The van der Waals surface area contributed by atoms with E-state index in [9.17, 15) is 9.90 Å². The number of aromatic nitrogens is 1. The lowest BCUT2D eigenvalue weighted by atomic mass is 10.00. The lowest BCUT2D eigenvalue weighted by Gasteiger charge is -2.32. The molecule has 0 amide bonds. The second-order valence-electron chi connectivity index (χ2n) is 8.52. The van der Waals surface area contributed by atoms with Crippen molar-refractivity contribution in [3.8, 4) is 16.3 Å². The van der Waals surface area contributed by atoms with Crippen molar-refractivity contribution in [2.75, 3.05) is 33.2 Å². The lowest BCUT2D eigenvalue weighted by Crippen LogP contribution is -2.43. The first-order valence-corrected chi connectivity index (χ1v) is 11.9. The minimum absolute atomic E-state index is 0.0860. The molecule has 1 saturated heterocycles. The summed E-state index contributed by atoms with van der Waals surface area (Å²) in [6, 6.07) is 9.67. The summed E-state index contributed by atoms with van der Waals surface area (Å²) in [5, 5.41) is 12.2. The maximum Gasteiger partial charge on any atom is 0.203 e. The zero-order valence-electron chi connectivity index (χ0n) is 18.6. The molecule has 6 nitrogen and oxygen atoms in total. The molecule has 4 aromatic rings. The van der Waals surface area contributed by atoms with Gasteiger partial charge in [-0.05, 0) is 44.2 Å². The highest BCUT2D eigenvalue weighted by Gasteiger charge is 2.24. The first-order valence-electron chi connectivity index (χ1n) is 11.0. The van der Waals surface area contributed by atoms with E-state index in [4.69, 9.17) is 9.40 Å². The molecule has 166 valence electrons. The van der Waals surface area contributed by atoms with Gasteiger partial charge in [0.15, 0.2) is 0 Å². The van der Waals surface area contributed by atoms with E-state index in [0.29, 0.717) is 45.8 Å². The third-order valence-corrected chi connectivity index (χ3v) is 7.43. The molecule has 1 aliphatic rings. The number of para-hydroxylation sites is 1. The lowest BCUT2D eigenvalue weighted by molar-refractivity contribution is 0.147. The van der Waals surface area contributed by atoms with Crippen LogP contribution in [0.1, 0.15) is 23.8 Å². The van der Waals surface area contributed by atoms with Crippen molar-refractivity contribution in [2.45, 2.75) is 26.8 Å². The van der Waals surface area contributed by atoms with E-state index >= 15 is 0 Å². The molecule has 0 atom stereocenters. The summed E-state index contributed by atoms with van der Waals surface area (Å²) in [5.41, 5.74) is 3.27. The summed E-state index contributed by atoms with van der Waals surface area (Å²) >= 11 is 1.50. The van der Waals surface area contributed by atoms with Crippen LogP contribution in [0.25, 0.3) is 31.8 Å². The monoisotopic (exact) mass is 449 g/mol. The van der Waals surface area contributed by atoms with Crippen molar-refractivity contribution in [1.29, 1.82) is 0 Å². The zero-order valence-corrected chi connectivity index (χ0v) is 19.5. The highest BCUT2D eigenvalue weighted by atomic mass is 32.1. The fraction of sp³-hybridized carbons (Fsp3) is 0.360. The Kier molecular flexibility index (Phi) is 5.49. The van der Waals surface area contributed by atoms with Crippen molar-refractivity contribution in [2.24, 2.45) is 0 Å². The Balaban J connectivity index is 1.68. The first kappa shape index (κ1) is 21.1. The van der Waals surface area contributed by atoms with Gasteiger partial charge in [0.25, 0.3) is 0 Å². The molecule has 7 heteroatoms. The molecule has 1 fully saturated rings. The molecular formula is C25H27N3O3S. The van der Waals surface area contributed by atoms with Gasteiger partial charge in [0, 0.05) is 32.7 Å². The topological polar surface area (TPSA) is 69.8 Å². The van der Waals surface area contributed by atoms with Gasteiger partial charge in [-0.2, -0.15) is 0 Å². The van der Waals surface area contributed by atoms with Gasteiger partial charge in [0.1, 0.15) is 22.1 Å². The van der Waals surface area contributed by atoms with Crippen LogP contribution in [0.3, 0.4) is 0 Å². The number of benzene rings is 2. The van der Waals surface area contributed by atoms with Gasteiger partial charge in [0.05, 0.1) is 26.7 Å². The number of likely N-dealkylation sites (N-methyl/N-ethyl adjacent to an activating group) is 1. The Morgan fingerprint density at radius 3 is 2.66 bits per heavy atom. The summed E-state index contributed by atoms with van der Waals surface area (Å²) < 4.78 is 7.31. The fourth-order valence-corrected chi connectivity index (χ4v) is 5.48. The van der Waals surface area contributed by atoms with Crippen LogP contribution < -0.4 is 5.43 Å². The molecule has 0 bridgehead atoms. The molecular weight excluding hydrogens is 422 g/mol. The van der Waals surface area contributed by atoms with Crippen molar-refractivity contribution >= 4 is 32.5 Å². The zero-order chi connectivity index (χ0) is 22.4. The number of piperazine rings is 1. The number of nitrogens with zero attached hydrogens (tertiary/aromatic N) is 3. The van der Waals surface area contributed by atoms with Crippen LogP contribution in [0, 0.1) is 6.92 Å². The smallest absolute Gasteiger partial charge is 0.203 e. The van der Waals surface area contributed by atoms with Gasteiger partial charge in [0.2, 0.25) is 5.43 Å². The molecule has 1 aliphatic heterocycles. The van der Waals surface area contributed by atoms with E-state index in [-0.39, 0.29) is 11.2 Å². The summed E-state index contributed by atoms with van der Waals surface area (Å²) in [4.78, 5) is 23.0. The average Bonchev–Trinajstić information content (AvgIpc) is 3.21. The number of rotatable bonds is 4. The second-order valence-corrected chi connectivity index (χ2v) is 9.55. The number of hydrogen-bond acceptors (Lipinski definition) is 7. The van der Waals surface area contributed by atoms with Gasteiger partial charge >= 0.3 is 0 Å². The SMILES string of the molecule is CCc1cc2c(=O)c(-c3nc4ccccc4s3)c(C)oc2c(CN2CCN(C)CC2)c1O. The molecule has 0 unspecified atom stereocenters. The molecule has 32 heavy (non-hydrogen) atoms. The van der Waals surface area contributed by atoms with Crippen LogP contribution in [0.15, 0.2) is 39.5 Å². The van der Waals surface area contributed by atoms with Gasteiger partial charge < -0.3 is 14.4 Å². The molecule has 0 spiro atoms. The minimum Gasteiger partial charge on any atom is -0.507 e. The van der Waals surface area contributed by atoms with E-state index in [1.165, 1.54) is 11.3 Å². The predicted octanol–water partition coefficient (Wildman–Crippen LogP) is 4.39.